The quantitative estimate of drug-likeness (QED) is 0.565. The lowest BCUT2D eigenvalue weighted by atomic mass is 10.1. The Bertz CT molecular complexity index is 1120. The van der Waals surface area contributed by atoms with Crippen LogP contribution in [0.25, 0.3) is 10.9 Å². The van der Waals surface area contributed by atoms with E-state index in [1.807, 2.05) is 37.3 Å². The molecule has 0 spiro atoms. The van der Waals surface area contributed by atoms with E-state index in [0.717, 1.165) is 22.2 Å². The first-order valence-electron chi connectivity index (χ1n) is 9.23. The SMILES string of the molecule is CC[C@@H](C)c1nc2ccc(Br)cc2c(=O)n1N=Cc1ccc2c(c1)OCCO2. The van der Waals surface area contributed by atoms with Gasteiger partial charge < -0.3 is 9.47 Å². The van der Waals surface area contributed by atoms with Crippen LogP contribution in [-0.2, 0) is 0 Å². The van der Waals surface area contributed by atoms with Crippen LogP contribution >= 0.6 is 15.9 Å². The number of aromatic nitrogens is 2. The second-order valence-corrected chi connectivity index (χ2v) is 7.62. The first-order valence-corrected chi connectivity index (χ1v) is 10.0. The van der Waals surface area contributed by atoms with Crippen LogP contribution in [0.15, 0.2) is 50.8 Å². The standard InChI is InChI=1S/C21H20BrN3O3/c1-3-13(2)20-24-17-6-5-15(22)11-16(17)21(26)25(20)23-12-14-4-7-18-19(10-14)28-9-8-27-18/h4-7,10-13H,3,8-9H2,1-2H3/t13-/m1/s1. The van der Waals surface area contributed by atoms with Crippen molar-refractivity contribution in [2.75, 3.05) is 13.2 Å². The van der Waals surface area contributed by atoms with Crippen molar-refractivity contribution in [2.24, 2.45) is 5.10 Å². The Kier molecular flexibility index (Phi) is 5.17. The summed E-state index contributed by atoms with van der Waals surface area (Å²) in [5, 5.41) is 5.01. The van der Waals surface area contributed by atoms with Gasteiger partial charge in [0.1, 0.15) is 19.0 Å². The molecule has 0 N–H and O–H groups in total. The Balaban J connectivity index is 1.81. The van der Waals surface area contributed by atoms with Gasteiger partial charge in [0.15, 0.2) is 11.5 Å². The third-order valence-electron chi connectivity index (χ3n) is 4.78. The lowest BCUT2D eigenvalue weighted by molar-refractivity contribution is 0.171. The number of benzene rings is 2. The van der Waals surface area contributed by atoms with E-state index in [4.69, 9.17) is 14.5 Å². The molecule has 4 rings (SSSR count). The molecule has 2 aromatic carbocycles. The summed E-state index contributed by atoms with van der Waals surface area (Å²) in [6.45, 7) is 5.18. The summed E-state index contributed by atoms with van der Waals surface area (Å²) in [6, 6.07) is 11.1. The Morgan fingerprint density at radius 2 is 2.00 bits per heavy atom. The second-order valence-electron chi connectivity index (χ2n) is 6.71. The minimum atomic E-state index is -0.185. The average molecular weight is 442 g/mol. The fourth-order valence-electron chi connectivity index (χ4n) is 3.04. The van der Waals surface area contributed by atoms with Gasteiger partial charge in [0.2, 0.25) is 0 Å². The van der Waals surface area contributed by atoms with Crippen molar-refractivity contribution in [1.82, 2.24) is 9.66 Å². The zero-order chi connectivity index (χ0) is 19.7. The highest BCUT2D eigenvalue weighted by Gasteiger charge is 2.16. The molecule has 0 amide bonds. The van der Waals surface area contributed by atoms with E-state index in [-0.39, 0.29) is 11.5 Å². The maximum atomic E-state index is 13.1. The molecule has 1 atom stereocenters. The third kappa shape index (κ3) is 3.54. The molecule has 0 unspecified atom stereocenters. The lowest BCUT2D eigenvalue weighted by Gasteiger charge is -2.18. The molecule has 28 heavy (non-hydrogen) atoms. The van der Waals surface area contributed by atoms with Crippen molar-refractivity contribution in [1.29, 1.82) is 0 Å². The van der Waals surface area contributed by atoms with Gasteiger partial charge in [-0.3, -0.25) is 4.79 Å². The monoisotopic (exact) mass is 441 g/mol. The van der Waals surface area contributed by atoms with Gasteiger partial charge in [-0.2, -0.15) is 9.78 Å². The van der Waals surface area contributed by atoms with Crippen molar-refractivity contribution in [3.05, 3.63) is 62.6 Å². The van der Waals surface area contributed by atoms with E-state index in [0.29, 0.717) is 35.7 Å². The number of hydrogen-bond acceptors (Lipinski definition) is 5. The predicted octanol–water partition coefficient (Wildman–Crippen LogP) is 4.33. The highest BCUT2D eigenvalue weighted by atomic mass is 79.9. The molecule has 0 fully saturated rings. The molecule has 2 heterocycles. The van der Waals surface area contributed by atoms with E-state index < -0.39 is 0 Å². The third-order valence-corrected chi connectivity index (χ3v) is 5.27. The number of fused-ring (bicyclic) bond motifs is 2. The highest BCUT2D eigenvalue weighted by Crippen LogP contribution is 2.30. The Hall–Kier alpha value is -2.67. The summed E-state index contributed by atoms with van der Waals surface area (Å²) < 4.78 is 13.4. The summed E-state index contributed by atoms with van der Waals surface area (Å²) in [7, 11) is 0. The first kappa shape index (κ1) is 18.7. The molecule has 144 valence electrons. The number of ether oxygens (including phenoxy) is 2. The topological polar surface area (TPSA) is 65.7 Å². The van der Waals surface area contributed by atoms with Crippen molar-refractivity contribution < 1.29 is 9.47 Å². The molecule has 1 aliphatic rings. The lowest BCUT2D eigenvalue weighted by Crippen LogP contribution is -2.23. The maximum Gasteiger partial charge on any atom is 0.282 e. The van der Waals surface area contributed by atoms with Crippen LogP contribution < -0.4 is 15.0 Å². The van der Waals surface area contributed by atoms with Crippen LogP contribution in [0.4, 0.5) is 0 Å². The summed E-state index contributed by atoms with van der Waals surface area (Å²) in [6.07, 6.45) is 2.51. The van der Waals surface area contributed by atoms with E-state index in [2.05, 4.69) is 28.0 Å². The minimum Gasteiger partial charge on any atom is -0.486 e. The van der Waals surface area contributed by atoms with E-state index >= 15 is 0 Å². The molecule has 0 saturated heterocycles. The molecule has 0 bridgehead atoms. The van der Waals surface area contributed by atoms with E-state index in [1.165, 1.54) is 4.68 Å². The zero-order valence-electron chi connectivity index (χ0n) is 15.7. The Morgan fingerprint density at radius 3 is 2.79 bits per heavy atom. The van der Waals surface area contributed by atoms with Crippen LogP contribution in [0.1, 0.15) is 37.6 Å². The molecule has 3 aromatic rings. The molecule has 6 nitrogen and oxygen atoms in total. The molecule has 1 aromatic heterocycles. The molecule has 0 radical (unpaired) electrons. The number of rotatable bonds is 4. The van der Waals surface area contributed by atoms with Crippen LogP contribution in [-0.4, -0.2) is 29.1 Å². The largest absolute Gasteiger partial charge is 0.486 e. The highest BCUT2D eigenvalue weighted by molar-refractivity contribution is 9.10. The Labute approximate surface area is 170 Å². The first-order chi connectivity index (χ1) is 13.6. The van der Waals surface area contributed by atoms with Gasteiger partial charge in [0, 0.05) is 10.4 Å². The van der Waals surface area contributed by atoms with Crippen LogP contribution in [0.2, 0.25) is 0 Å². The van der Waals surface area contributed by atoms with Crippen molar-refractivity contribution in [2.45, 2.75) is 26.2 Å². The molecule has 0 aliphatic carbocycles. The molecular weight excluding hydrogens is 422 g/mol. The molecule has 7 heteroatoms. The Morgan fingerprint density at radius 1 is 1.21 bits per heavy atom. The minimum absolute atomic E-state index is 0.0955. The number of nitrogens with zero attached hydrogens (tertiary/aromatic N) is 3. The van der Waals surface area contributed by atoms with Crippen LogP contribution in [0.3, 0.4) is 0 Å². The average Bonchev–Trinajstić information content (AvgIpc) is 2.72. The van der Waals surface area contributed by atoms with Gasteiger partial charge in [-0.05, 0) is 48.4 Å². The van der Waals surface area contributed by atoms with E-state index in [9.17, 15) is 4.79 Å². The smallest absolute Gasteiger partial charge is 0.282 e. The van der Waals surface area contributed by atoms with Gasteiger partial charge in [-0.1, -0.05) is 29.8 Å². The fraction of sp³-hybridized carbons (Fsp3) is 0.286. The van der Waals surface area contributed by atoms with Crippen molar-refractivity contribution >= 4 is 33.0 Å². The molecular formula is C21H20BrN3O3. The second kappa shape index (κ2) is 7.75. The van der Waals surface area contributed by atoms with E-state index in [1.54, 1.807) is 12.3 Å². The van der Waals surface area contributed by atoms with Crippen molar-refractivity contribution in [3.63, 3.8) is 0 Å². The summed E-state index contributed by atoms with van der Waals surface area (Å²) in [5.41, 5.74) is 1.31. The zero-order valence-corrected chi connectivity index (χ0v) is 17.3. The summed E-state index contributed by atoms with van der Waals surface area (Å²) in [4.78, 5) is 17.8. The molecule has 1 aliphatic heterocycles. The fourth-order valence-corrected chi connectivity index (χ4v) is 3.40. The summed E-state index contributed by atoms with van der Waals surface area (Å²) >= 11 is 3.42. The normalized spacial score (nSPS) is 14.5. The number of halogens is 1. The van der Waals surface area contributed by atoms with Gasteiger partial charge in [0.25, 0.3) is 5.56 Å². The summed E-state index contributed by atoms with van der Waals surface area (Å²) in [5.74, 6) is 2.15. The van der Waals surface area contributed by atoms with Gasteiger partial charge in [0.05, 0.1) is 17.1 Å². The van der Waals surface area contributed by atoms with Crippen molar-refractivity contribution in [3.8, 4) is 11.5 Å². The van der Waals surface area contributed by atoms with Crippen LogP contribution in [0, 0.1) is 0 Å². The maximum absolute atomic E-state index is 13.1. The number of hydrogen-bond donors (Lipinski definition) is 0. The van der Waals surface area contributed by atoms with Gasteiger partial charge >= 0.3 is 0 Å². The predicted molar refractivity (Wildman–Crippen MR) is 113 cm³/mol. The van der Waals surface area contributed by atoms with Crippen LogP contribution in [0.5, 0.6) is 11.5 Å². The van der Waals surface area contributed by atoms with Gasteiger partial charge in [-0.25, -0.2) is 4.98 Å². The van der Waals surface area contributed by atoms with Gasteiger partial charge in [-0.15, -0.1) is 0 Å². The molecule has 0 saturated carbocycles.